The number of urea groups is 1. The number of carboxylic acid groups (broad SMARTS) is 1. The van der Waals surface area contributed by atoms with Gasteiger partial charge in [-0.3, -0.25) is 4.79 Å². The number of nitrogens with one attached hydrogen (secondary N) is 2. The van der Waals surface area contributed by atoms with E-state index in [0.29, 0.717) is 6.54 Å². The van der Waals surface area contributed by atoms with Crippen molar-refractivity contribution in [3.63, 3.8) is 0 Å². The Morgan fingerprint density at radius 1 is 1.25 bits per heavy atom. The first-order valence-corrected chi connectivity index (χ1v) is 7.49. The number of carbonyl (C=O) groups is 2. The van der Waals surface area contributed by atoms with Gasteiger partial charge in [-0.2, -0.15) is 0 Å². The van der Waals surface area contributed by atoms with Crippen molar-refractivity contribution in [2.75, 3.05) is 13.2 Å². The van der Waals surface area contributed by atoms with Crippen molar-refractivity contribution in [2.24, 2.45) is 0 Å². The van der Waals surface area contributed by atoms with Gasteiger partial charge in [-0.05, 0) is 32.1 Å². The van der Waals surface area contributed by atoms with Crippen LogP contribution in [-0.2, 0) is 9.53 Å². The predicted octanol–water partition coefficient (Wildman–Crippen LogP) is 1.64. The SMILES string of the molecule is O=C(O)CC1(NC(=O)NCCC2CCCO2)CCCC1. The molecule has 2 rings (SSSR count). The highest BCUT2D eigenvalue weighted by atomic mass is 16.5. The fraction of sp³-hybridized carbons (Fsp3) is 0.857. The summed E-state index contributed by atoms with van der Waals surface area (Å²) < 4.78 is 5.49. The number of rotatable bonds is 6. The minimum Gasteiger partial charge on any atom is -0.481 e. The largest absolute Gasteiger partial charge is 0.481 e. The summed E-state index contributed by atoms with van der Waals surface area (Å²) in [5.41, 5.74) is -0.556. The van der Waals surface area contributed by atoms with E-state index in [1.165, 1.54) is 0 Å². The number of amides is 2. The Labute approximate surface area is 119 Å². The molecule has 3 N–H and O–H groups in total. The third-order valence-electron chi connectivity index (χ3n) is 4.20. The quantitative estimate of drug-likeness (QED) is 0.692. The number of hydrogen-bond acceptors (Lipinski definition) is 3. The van der Waals surface area contributed by atoms with Crippen molar-refractivity contribution in [2.45, 2.75) is 63.0 Å². The highest BCUT2D eigenvalue weighted by Gasteiger charge is 2.37. The van der Waals surface area contributed by atoms with Gasteiger partial charge in [0.05, 0.1) is 18.1 Å². The topological polar surface area (TPSA) is 87.7 Å². The van der Waals surface area contributed by atoms with Crippen LogP contribution in [0.4, 0.5) is 4.79 Å². The lowest BCUT2D eigenvalue weighted by molar-refractivity contribution is -0.138. The van der Waals surface area contributed by atoms with Gasteiger partial charge in [0.2, 0.25) is 0 Å². The van der Waals surface area contributed by atoms with E-state index in [0.717, 1.165) is 51.6 Å². The van der Waals surface area contributed by atoms with Crippen LogP contribution >= 0.6 is 0 Å². The fourth-order valence-corrected chi connectivity index (χ4v) is 3.19. The average molecular weight is 284 g/mol. The summed E-state index contributed by atoms with van der Waals surface area (Å²) in [6.07, 6.45) is 6.69. The van der Waals surface area contributed by atoms with E-state index < -0.39 is 11.5 Å². The Morgan fingerprint density at radius 2 is 2.00 bits per heavy atom. The van der Waals surface area contributed by atoms with Crippen LogP contribution in [0.25, 0.3) is 0 Å². The molecule has 1 aliphatic carbocycles. The molecule has 2 amide bonds. The van der Waals surface area contributed by atoms with Crippen LogP contribution in [0.1, 0.15) is 51.4 Å². The predicted molar refractivity (Wildman–Crippen MR) is 73.6 cm³/mol. The summed E-state index contributed by atoms with van der Waals surface area (Å²) >= 11 is 0. The van der Waals surface area contributed by atoms with Gasteiger partial charge in [-0.15, -0.1) is 0 Å². The van der Waals surface area contributed by atoms with Crippen molar-refractivity contribution in [1.29, 1.82) is 0 Å². The molecule has 1 aliphatic heterocycles. The molecule has 2 fully saturated rings. The first kappa shape index (κ1) is 15.1. The lowest BCUT2D eigenvalue weighted by Crippen LogP contribution is -2.51. The van der Waals surface area contributed by atoms with Crippen LogP contribution in [-0.4, -0.2) is 41.9 Å². The molecule has 6 heteroatoms. The number of hydrogen-bond donors (Lipinski definition) is 3. The first-order chi connectivity index (χ1) is 9.60. The number of carbonyl (C=O) groups excluding carboxylic acids is 1. The molecule has 1 saturated heterocycles. The average Bonchev–Trinajstić information content (AvgIpc) is 3.00. The molecular formula is C14H24N2O4. The van der Waals surface area contributed by atoms with E-state index in [4.69, 9.17) is 9.84 Å². The van der Waals surface area contributed by atoms with E-state index in [9.17, 15) is 9.59 Å². The lowest BCUT2D eigenvalue weighted by atomic mass is 9.93. The number of aliphatic carboxylic acids is 1. The monoisotopic (exact) mass is 284 g/mol. The Balaban J connectivity index is 1.72. The number of ether oxygens (including phenoxy) is 1. The zero-order valence-corrected chi connectivity index (χ0v) is 11.8. The lowest BCUT2D eigenvalue weighted by Gasteiger charge is -2.28. The van der Waals surface area contributed by atoms with E-state index in [1.807, 2.05) is 0 Å². The summed E-state index contributed by atoms with van der Waals surface area (Å²) in [7, 11) is 0. The zero-order valence-electron chi connectivity index (χ0n) is 11.8. The molecule has 2 aliphatic rings. The fourth-order valence-electron chi connectivity index (χ4n) is 3.19. The molecule has 1 atom stereocenters. The standard InChI is InChI=1S/C14H24N2O4/c17-12(18)10-14(6-1-2-7-14)16-13(19)15-8-5-11-4-3-9-20-11/h11H,1-10H2,(H,17,18)(H2,15,16,19). The normalized spacial score (nSPS) is 24.5. The maximum atomic E-state index is 11.9. The molecule has 0 aromatic rings. The van der Waals surface area contributed by atoms with Crippen LogP contribution < -0.4 is 10.6 Å². The Morgan fingerprint density at radius 3 is 2.60 bits per heavy atom. The van der Waals surface area contributed by atoms with Crippen LogP contribution in [0.5, 0.6) is 0 Å². The summed E-state index contributed by atoms with van der Waals surface area (Å²) in [5.74, 6) is -0.855. The van der Waals surface area contributed by atoms with Gasteiger partial charge >= 0.3 is 12.0 Å². The Hall–Kier alpha value is -1.30. The number of carboxylic acids is 1. The van der Waals surface area contributed by atoms with Gasteiger partial charge < -0.3 is 20.5 Å². The molecule has 1 heterocycles. The highest BCUT2D eigenvalue weighted by Crippen LogP contribution is 2.32. The molecule has 0 bridgehead atoms. The summed E-state index contributed by atoms with van der Waals surface area (Å²) in [5, 5.41) is 14.7. The highest BCUT2D eigenvalue weighted by molar-refractivity contribution is 5.76. The van der Waals surface area contributed by atoms with Gasteiger partial charge in [0.15, 0.2) is 0 Å². The van der Waals surface area contributed by atoms with Crippen LogP contribution in [0, 0.1) is 0 Å². The molecule has 114 valence electrons. The molecule has 0 aromatic carbocycles. The minimum atomic E-state index is -0.855. The first-order valence-electron chi connectivity index (χ1n) is 7.49. The molecule has 20 heavy (non-hydrogen) atoms. The zero-order chi connectivity index (χ0) is 14.4. The third kappa shape index (κ3) is 4.37. The van der Waals surface area contributed by atoms with Crippen molar-refractivity contribution in [1.82, 2.24) is 10.6 Å². The Bertz CT molecular complexity index is 347. The Kier molecular flexibility index (Phi) is 5.23. The van der Waals surface area contributed by atoms with E-state index in [-0.39, 0.29) is 18.6 Å². The van der Waals surface area contributed by atoms with E-state index in [2.05, 4.69) is 10.6 Å². The molecule has 0 radical (unpaired) electrons. The van der Waals surface area contributed by atoms with Crippen LogP contribution in [0.3, 0.4) is 0 Å². The second-order valence-electron chi connectivity index (χ2n) is 5.86. The summed E-state index contributed by atoms with van der Waals surface area (Å²) in [4.78, 5) is 22.8. The second-order valence-corrected chi connectivity index (χ2v) is 5.86. The molecule has 6 nitrogen and oxygen atoms in total. The van der Waals surface area contributed by atoms with Gasteiger partial charge in [0.1, 0.15) is 0 Å². The maximum absolute atomic E-state index is 11.9. The van der Waals surface area contributed by atoms with Crippen LogP contribution in [0.2, 0.25) is 0 Å². The molecule has 1 saturated carbocycles. The molecule has 0 spiro atoms. The molecular weight excluding hydrogens is 260 g/mol. The van der Waals surface area contributed by atoms with Crippen molar-refractivity contribution < 1.29 is 19.4 Å². The van der Waals surface area contributed by atoms with Crippen molar-refractivity contribution >= 4 is 12.0 Å². The van der Waals surface area contributed by atoms with E-state index in [1.54, 1.807) is 0 Å². The minimum absolute atomic E-state index is 0.00611. The van der Waals surface area contributed by atoms with Crippen LogP contribution in [0.15, 0.2) is 0 Å². The maximum Gasteiger partial charge on any atom is 0.315 e. The molecule has 0 aromatic heterocycles. The van der Waals surface area contributed by atoms with Gasteiger partial charge in [-0.1, -0.05) is 12.8 Å². The van der Waals surface area contributed by atoms with Gasteiger partial charge in [0.25, 0.3) is 0 Å². The van der Waals surface area contributed by atoms with Crippen molar-refractivity contribution in [3.8, 4) is 0 Å². The van der Waals surface area contributed by atoms with Gasteiger partial charge in [0, 0.05) is 13.2 Å². The van der Waals surface area contributed by atoms with Crippen molar-refractivity contribution in [3.05, 3.63) is 0 Å². The second kappa shape index (κ2) is 6.92. The summed E-state index contributed by atoms with van der Waals surface area (Å²) in [6.45, 7) is 1.39. The third-order valence-corrected chi connectivity index (χ3v) is 4.20. The molecule has 1 unspecified atom stereocenters. The summed E-state index contributed by atoms with van der Waals surface area (Å²) in [6, 6.07) is -0.258. The van der Waals surface area contributed by atoms with Gasteiger partial charge in [-0.25, -0.2) is 4.79 Å². The smallest absolute Gasteiger partial charge is 0.315 e. The van der Waals surface area contributed by atoms with E-state index >= 15 is 0 Å².